The number of nitrogens with zero attached hydrogens (tertiary/aromatic N) is 2. The summed E-state index contributed by atoms with van der Waals surface area (Å²) in [4.78, 5) is 30.3. The van der Waals surface area contributed by atoms with Crippen LogP contribution in [0, 0.1) is 0 Å². The van der Waals surface area contributed by atoms with Crippen molar-refractivity contribution in [3.05, 3.63) is 34.9 Å². The quantitative estimate of drug-likeness (QED) is 0.837. The fourth-order valence-electron chi connectivity index (χ4n) is 2.74. The molecule has 0 saturated carbocycles. The van der Waals surface area contributed by atoms with Crippen LogP contribution in [0.5, 0.6) is 0 Å². The zero-order valence-electron chi connectivity index (χ0n) is 14.2. The van der Waals surface area contributed by atoms with E-state index in [4.69, 9.17) is 11.5 Å². The highest BCUT2D eigenvalue weighted by Crippen LogP contribution is 2.28. The van der Waals surface area contributed by atoms with Crippen molar-refractivity contribution >= 4 is 29.4 Å². The molecule has 0 atom stereocenters. The molecule has 0 aliphatic carbocycles. The topological polar surface area (TPSA) is 102 Å². The molecule has 24 heavy (non-hydrogen) atoms. The first-order chi connectivity index (χ1) is 11.5. The van der Waals surface area contributed by atoms with E-state index in [-0.39, 0.29) is 5.91 Å². The molecule has 6 heteroatoms. The summed E-state index contributed by atoms with van der Waals surface area (Å²) in [5.74, 6) is -0.181. The van der Waals surface area contributed by atoms with Gasteiger partial charge in [0.1, 0.15) is 5.84 Å². The lowest BCUT2D eigenvalue weighted by Crippen LogP contribution is -2.34. The summed E-state index contributed by atoms with van der Waals surface area (Å²) in [6.07, 6.45) is 3.91. The molecular weight excluding hydrogens is 304 g/mol. The zero-order chi connectivity index (χ0) is 17.7. The van der Waals surface area contributed by atoms with Crippen LogP contribution in [-0.4, -0.2) is 35.6 Å². The average molecular weight is 328 g/mol. The summed E-state index contributed by atoms with van der Waals surface area (Å²) >= 11 is 0. The van der Waals surface area contributed by atoms with E-state index >= 15 is 0 Å². The molecule has 2 rings (SSSR count). The van der Waals surface area contributed by atoms with Crippen LogP contribution in [0.15, 0.2) is 28.8 Å². The maximum absolute atomic E-state index is 12.8. The van der Waals surface area contributed by atoms with Gasteiger partial charge in [-0.3, -0.25) is 9.59 Å². The molecule has 1 aliphatic rings. The number of primary amides is 1. The molecule has 2 amide bonds. The Hall–Kier alpha value is -2.63. The number of hydrogen-bond donors (Lipinski definition) is 2. The van der Waals surface area contributed by atoms with Crippen LogP contribution in [0.2, 0.25) is 0 Å². The van der Waals surface area contributed by atoms with Crippen LogP contribution in [0.3, 0.4) is 0 Å². The highest BCUT2D eigenvalue weighted by Gasteiger charge is 2.21. The number of fused-ring (bicyclic) bond motifs is 1. The van der Waals surface area contributed by atoms with Crippen molar-refractivity contribution in [2.24, 2.45) is 16.5 Å². The molecule has 0 aromatic heterocycles. The maximum Gasteiger partial charge on any atom is 0.250 e. The summed E-state index contributed by atoms with van der Waals surface area (Å²) in [6.45, 7) is 5.53. The van der Waals surface area contributed by atoms with Gasteiger partial charge in [-0.2, -0.15) is 0 Å². The smallest absolute Gasteiger partial charge is 0.250 e. The fraction of sp³-hybridized carbons (Fsp3) is 0.389. The van der Waals surface area contributed by atoms with Gasteiger partial charge in [-0.1, -0.05) is 19.9 Å². The lowest BCUT2D eigenvalue weighted by atomic mass is 10.0. The number of carbonyl (C=O) groups is 2. The van der Waals surface area contributed by atoms with Crippen LogP contribution >= 0.6 is 0 Å². The number of rotatable bonds is 6. The molecule has 1 aromatic rings. The number of benzene rings is 1. The molecule has 0 saturated heterocycles. The Morgan fingerprint density at radius 3 is 2.46 bits per heavy atom. The van der Waals surface area contributed by atoms with Crippen molar-refractivity contribution in [1.82, 2.24) is 4.90 Å². The Bertz CT molecular complexity index is 701. The van der Waals surface area contributed by atoms with Gasteiger partial charge in [0.2, 0.25) is 11.8 Å². The Morgan fingerprint density at radius 2 is 1.88 bits per heavy atom. The second kappa shape index (κ2) is 7.77. The zero-order valence-corrected chi connectivity index (χ0v) is 14.2. The number of nitrogens with two attached hydrogens (primary N) is 2. The molecule has 0 radical (unpaired) electrons. The van der Waals surface area contributed by atoms with E-state index in [0.717, 1.165) is 18.4 Å². The van der Waals surface area contributed by atoms with Crippen molar-refractivity contribution in [2.45, 2.75) is 33.1 Å². The predicted molar refractivity (Wildman–Crippen MR) is 96.0 cm³/mol. The number of carbonyl (C=O) groups excluding carboxylic acids is 2. The van der Waals surface area contributed by atoms with Gasteiger partial charge < -0.3 is 16.4 Å². The minimum absolute atomic E-state index is 0.0105. The molecule has 128 valence electrons. The van der Waals surface area contributed by atoms with Crippen molar-refractivity contribution in [1.29, 1.82) is 0 Å². The van der Waals surface area contributed by atoms with Gasteiger partial charge in [0.25, 0.3) is 0 Å². The average Bonchev–Trinajstić information content (AvgIpc) is 2.71. The van der Waals surface area contributed by atoms with E-state index in [1.165, 1.54) is 0 Å². The summed E-state index contributed by atoms with van der Waals surface area (Å²) in [7, 11) is 0. The van der Waals surface area contributed by atoms with Gasteiger partial charge in [0.15, 0.2) is 0 Å². The summed E-state index contributed by atoms with van der Waals surface area (Å²) < 4.78 is 0. The number of hydrogen-bond acceptors (Lipinski definition) is 4. The van der Waals surface area contributed by atoms with E-state index in [0.29, 0.717) is 42.2 Å². The van der Waals surface area contributed by atoms with Crippen LogP contribution in [0.1, 0.15) is 49.0 Å². The first-order valence-electron chi connectivity index (χ1n) is 8.23. The van der Waals surface area contributed by atoms with Gasteiger partial charge in [-0.15, -0.1) is 0 Å². The molecule has 0 bridgehead atoms. The molecule has 0 fully saturated rings. The number of amides is 2. The highest BCUT2D eigenvalue weighted by atomic mass is 16.2. The summed E-state index contributed by atoms with van der Waals surface area (Å²) in [5, 5.41) is 0. The van der Waals surface area contributed by atoms with Crippen LogP contribution in [0.4, 0.5) is 5.69 Å². The monoisotopic (exact) mass is 328 g/mol. The van der Waals surface area contributed by atoms with E-state index < -0.39 is 5.91 Å². The van der Waals surface area contributed by atoms with Crippen LogP contribution < -0.4 is 11.5 Å². The standard InChI is InChI=1S/C18H24N4O2/c1-3-7-22(8-4-2)18(24)14-9-12-5-6-13(17(20)23)10-15(12)21-16(19)11-14/h5-6,9-10H,3-4,7-8,11H2,1-2H3,(H2,19,21)(H2,20,23). The highest BCUT2D eigenvalue weighted by molar-refractivity contribution is 6.06. The second-order valence-electron chi connectivity index (χ2n) is 5.88. The Morgan fingerprint density at radius 1 is 1.21 bits per heavy atom. The number of aliphatic imine (C=N–C) groups is 1. The summed E-state index contributed by atoms with van der Waals surface area (Å²) in [5.41, 5.74) is 13.6. The first kappa shape index (κ1) is 17.7. The maximum atomic E-state index is 12.8. The molecule has 1 aliphatic heterocycles. The normalized spacial score (nSPS) is 13.4. The third-order valence-corrected chi connectivity index (χ3v) is 3.83. The van der Waals surface area contributed by atoms with E-state index in [9.17, 15) is 9.59 Å². The predicted octanol–water partition coefficient (Wildman–Crippen LogP) is 2.21. The molecule has 6 nitrogen and oxygen atoms in total. The Kier molecular flexibility index (Phi) is 5.73. The van der Waals surface area contributed by atoms with E-state index in [2.05, 4.69) is 4.99 Å². The Balaban J connectivity index is 2.40. The molecular formula is C18H24N4O2. The van der Waals surface area contributed by atoms with Crippen LogP contribution in [0.25, 0.3) is 6.08 Å². The molecule has 1 aromatic carbocycles. The second-order valence-corrected chi connectivity index (χ2v) is 5.88. The van der Waals surface area contributed by atoms with Crippen molar-refractivity contribution in [2.75, 3.05) is 13.1 Å². The van der Waals surface area contributed by atoms with Gasteiger partial charge in [-0.05, 0) is 31.1 Å². The fourth-order valence-corrected chi connectivity index (χ4v) is 2.74. The largest absolute Gasteiger partial charge is 0.387 e. The molecule has 0 unspecified atom stereocenters. The minimum Gasteiger partial charge on any atom is -0.387 e. The Labute approximate surface area is 142 Å². The van der Waals surface area contributed by atoms with Crippen molar-refractivity contribution in [3.63, 3.8) is 0 Å². The molecule has 1 heterocycles. The van der Waals surface area contributed by atoms with Gasteiger partial charge in [-0.25, -0.2) is 4.99 Å². The van der Waals surface area contributed by atoms with Crippen molar-refractivity contribution in [3.8, 4) is 0 Å². The van der Waals surface area contributed by atoms with Gasteiger partial charge in [0.05, 0.1) is 5.69 Å². The van der Waals surface area contributed by atoms with Gasteiger partial charge >= 0.3 is 0 Å². The lowest BCUT2D eigenvalue weighted by molar-refractivity contribution is -0.127. The third-order valence-electron chi connectivity index (χ3n) is 3.83. The van der Waals surface area contributed by atoms with Crippen molar-refractivity contribution < 1.29 is 9.59 Å². The van der Waals surface area contributed by atoms with E-state index in [1.54, 1.807) is 18.2 Å². The van der Waals surface area contributed by atoms with Gasteiger partial charge in [0, 0.05) is 36.2 Å². The SMILES string of the molecule is CCCN(CCC)C(=O)C1=Cc2ccc(C(N)=O)cc2N=C(N)C1. The first-order valence-corrected chi connectivity index (χ1v) is 8.23. The molecule has 0 spiro atoms. The summed E-state index contributed by atoms with van der Waals surface area (Å²) in [6, 6.07) is 4.98. The third kappa shape index (κ3) is 4.01. The number of amidine groups is 1. The van der Waals surface area contributed by atoms with E-state index in [1.807, 2.05) is 24.8 Å². The lowest BCUT2D eigenvalue weighted by Gasteiger charge is -2.22. The minimum atomic E-state index is -0.520. The van der Waals surface area contributed by atoms with Crippen LogP contribution in [-0.2, 0) is 4.79 Å². The molecule has 4 N–H and O–H groups in total.